The number of fused-ring (bicyclic) bond motifs is 1. The summed E-state index contributed by atoms with van der Waals surface area (Å²) in [6.07, 6.45) is 3.18. The van der Waals surface area contributed by atoms with Crippen molar-refractivity contribution in [1.82, 2.24) is 9.21 Å². The number of ether oxygens (including phenoxy) is 1. The van der Waals surface area contributed by atoms with Gasteiger partial charge in [-0.1, -0.05) is 12.1 Å². The molecule has 2 heterocycles. The third-order valence-electron chi connectivity index (χ3n) is 5.15. The molecule has 0 spiro atoms. The first-order valence-corrected chi connectivity index (χ1v) is 11.2. The smallest absolute Gasteiger partial charge is 0.309 e. The first kappa shape index (κ1) is 20.5. The lowest BCUT2D eigenvalue weighted by Crippen LogP contribution is -2.40. The average Bonchev–Trinajstić information content (AvgIpc) is 2.92. The second-order valence-electron chi connectivity index (χ2n) is 7.12. The zero-order valence-electron chi connectivity index (χ0n) is 15.8. The fraction of sp³-hybridized carbons (Fsp3) is 0.526. The summed E-state index contributed by atoms with van der Waals surface area (Å²) in [5.74, 6) is -1.16. The molecule has 1 fully saturated rings. The van der Waals surface area contributed by atoms with Crippen LogP contribution in [0.3, 0.4) is 0 Å². The molecular formula is C19H24N2O6S. The summed E-state index contributed by atoms with van der Waals surface area (Å²) < 4.78 is 29.6. The van der Waals surface area contributed by atoms with Crippen molar-refractivity contribution in [3.8, 4) is 0 Å². The standard InChI is InChI=1S/C19H24N2O6S/c1-28(25,26)20-11-8-14(9-12-20)19(24)27-13-5-4-10-21-17(22)15-6-2-3-7-16(15)18(21)23/h2-3,6-7,14H,4-5,8-13H2,1H3. The molecule has 2 aliphatic heterocycles. The molecule has 0 aliphatic carbocycles. The van der Waals surface area contributed by atoms with E-state index in [9.17, 15) is 22.8 Å². The number of carbonyl (C=O) groups is 3. The lowest BCUT2D eigenvalue weighted by Gasteiger charge is -2.28. The molecule has 1 saturated heterocycles. The SMILES string of the molecule is CS(=O)(=O)N1CCC(C(=O)OCCCCN2C(=O)c3ccccc3C2=O)CC1. The van der Waals surface area contributed by atoms with E-state index in [1.165, 1.54) is 15.5 Å². The molecule has 2 amide bonds. The Morgan fingerprint density at radius 2 is 1.64 bits per heavy atom. The number of piperidine rings is 1. The molecule has 1 aromatic rings. The van der Waals surface area contributed by atoms with Crippen molar-refractivity contribution in [2.24, 2.45) is 5.92 Å². The minimum Gasteiger partial charge on any atom is -0.465 e. The number of carbonyl (C=O) groups excluding carboxylic acids is 3. The van der Waals surface area contributed by atoms with Gasteiger partial charge in [-0.05, 0) is 37.8 Å². The van der Waals surface area contributed by atoms with Crippen molar-refractivity contribution in [3.05, 3.63) is 35.4 Å². The summed E-state index contributed by atoms with van der Waals surface area (Å²) in [5, 5.41) is 0. The molecule has 28 heavy (non-hydrogen) atoms. The third kappa shape index (κ3) is 4.41. The fourth-order valence-corrected chi connectivity index (χ4v) is 4.40. The molecule has 0 unspecified atom stereocenters. The number of esters is 1. The minimum atomic E-state index is -3.21. The van der Waals surface area contributed by atoms with Gasteiger partial charge in [-0.3, -0.25) is 19.3 Å². The highest BCUT2D eigenvalue weighted by molar-refractivity contribution is 7.88. The number of sulfonamides is 1. The van der Waals surface area contributed by atoms with Gasteiger partial charge in [0.1, 0.15) is 0 Å². The van der Waals surface area contributed by atoms with Crippen LogP contribution < -0.4 is 0 Å². The first-order valence-electron chi connectivity index (χ1n) is 9.36. The topological polar surface area (TPSA) is 101 Å². The van der Waals surface area contributed by atoms with Crippen LogP contribution in [0.2, 0.25) is 0 Å². The van der Waals surface area contributed by atoms with E-state index in [4.69, 9.17) is 4.74 Å². The van der Waals surface area contributed by atoms with E-state index in [0.717, 1.165) is 0 Å². The molecule has 0 N–H and O–H groups in total. The van der Waals surface area contributed by atoms with Crippen molar-refractivity contribution in [2.45, 2.75) is 25.7 Å². The van der Waals surface area contributed by atoms with Crippen LogP contribution in [0.25, 0.3) is 0 Å². The predicted octanol–water partition coefficient (Wildman–Crippen LogP) is 1.28. The van der Waals surface area contributed by atoms with Crippen molar-refractivity contribution in [3.63, 3.8) is 0 Å². The van der Waals surface area contributed by atoms with Crippen LogP contribution in [0.1, 0.15) is 46.4 Å². The zero-order chi connectivity index (χ0) is 20.3. The van der Waals surface area contributed by atoms with Gasteiger partial charge in [0.05, 0.1) is 29.9 Å². The Hall–Kier alpha value is -2.26. The highest BCUT2D eigenvalue weighted by Gasteiger charge is 2.34. The Morgan fingerprint density at radius 1 is 1.07 bits per heavy atom. The molecule has 2 aliphatic rings. The van der Waals surface area contributed by atoms with Crippen LogP contribution in [0.4, 0.5) is 0 Å². The Morgan fingerprint density at radius 3 is 2.18 bits per heavy atom. The van der Waals surface area contributed by atoms with Gasteiger partial charge in [-0.25, -0.2) is 12.7 Å². The number of benzene rings is 1. The fourth-order valence-electron chi connectivity index (χ4n) is 3.53. The highest BCUT2D eigenvalue weighted by atomic mass is 32.2. The van der Waals surface area contributed by atoms with E-state index in [-0.39, 0.29) is 36.9 Å². The van der Waals surface area contributed by atoms with Crippen LogP contribution in [0.15, 0.2) is 24.3 Å². The van der Waals surface area contributed by atoms with Crippen molar-refractivity contribution in [2.75, 3.05) is 32.5 Å². The lowest BCUT2D eigenvalue weighted by molar-refractivity contribution is -0.150. The largest absolute Gasteiger partial charge is 0.465 e. The second-order valence-corrected chi connectivity index (χ2v) is 9.10. The van der Waals surface area contributed by atoms with E-state index in [2.05, 4.69) is 0 Å². The van der Waals surface area contributed by atoms with E-state index < -0.39 is 10.0 Å². The van der Waals surface area contributed by atoms with Gasteiger partial charge in [0.15, 0.2) is 0 Å². The molecule has 0 bridgehead atoms. The van der Waals surface area contributed by atoms with Crippen molar-refractivity contribution >= 4 is 27.8 Å². The molecule has 0 aromatic heterocycles. The molecule has 0 atom stereocenters. The Bertz CT molecular complexity index is 839. The number of rotatable bonds is 7. The normalized spacial score (nSPS) is 18.4. The average molecular weight is 408 g/mol. The van der Waals surface area contributed by atoms with Crippen LogP contribution in [-0.4, -0.2) is 67.9 Å². The molecular weight excluding hydrogens is 384 g/mol. The number of unbranched alkanes of at least 4 members (excludes halogenated alkanes) is 1. The van der Waals surface area contributed by atoms with Crippen LogP contribution in [-0.2, 0) is 19.6 Å². The summed E-state index contributed by atoms with van der Waals surface area (Å²) >= 11 is 0. The number of nitrogens with zero attached hydrogens (tertiary/aromatic N) is 2. The van der Waals surface area contributed by atoms with Gasteiger partial charge >= 0.3 is 5.97 Å². The van der Waals surface area contributed by atoms with Gasteiger partial charge in [-0.2, -0.15) is 0 Å². The molecule has 0 saturated carbocycles. The molecule has 8 nitrogen and oxygen atoms in total. The van der Waals surface area contributed by atoms with Gasteiger partial charge in [0.2, 0.25) is 10.0 Å². The maximum absolute atomic E-state index is 12.3. The molecule has 1 aromatic carbocycles. The van der Waals surface area contributed by atoms with Gasteiger partial charge in [-0.15, -0.1) is 0 Å². The lowest BCUT2D eigenvalue weighted by atomic mass is 9.98. The number of hydrogen-bond acceptors (Lipinski definition) is 6. The molecule has 3 rings (SSSR count). The molecule has 152 valence electrons. The summed E-state index contributed by atoms with van der Waals surface area (Å²) in [6.45, 7) is 1.17. The van der Waals surface area contributed by atoms with Gasteiger partial charge in [0, 0.05) is 19.6 Å². The first-order chi connectivity index (χ1) is 13.3. The van der Waals surface area contributed by atoms with Gasteiger partial charge < -0.3 is 4.74 Å². The summed E-state index contributed by atoms with van der Waals surface area (Å²) in [6, 6.07) is 6.75. The monoisotopic (exact) mass is 408 g/mol. The molecule has 0 radical (unpaired) electrons. The maximum atomic E-state index is 12.3. The molecule has 9 heteroatoms. The van der Waals surface area contributed by atoms with Crippen LogP contribution in [0, 0.1) is 5.92 Å². The van der Waals surface area contributed by atoms with Crippen LogP contribution in [0.5, 0.6) is 0 Å². The van der Waals surface area contributed by atoms with Gasteiger partial charge in [0.25, 0.3) is 11.8 Å². The van der Waals surface area contributed by atoms with Crippen molar-refractivity contribution < 1.29 is 27.5 Å². The predicted molar refractivity (Wildman–Crippen MR) is 101 cm³/mol. The van der Waals surface area contributed by atoms with Crippen LogP contribution >= 0.6 is 0 Å². The van der Waals surface area contributed by atoms with E-state index >= 15 is 0 Å². The third-order valence-corrected chi connectivity index (χ3v) is 6.46. The maximum Gasteiger partial charge on any atom is 0.309 e. The minimum absolute atomic E-state index is 0.217. The number of hydrogen-bond donors (Lipinski definition) is 0. The summed E-state index contributed by atoms with van der Waals surface area (Å²) in [4.78, 5) is 37.9. The number of imide groups is 1. The quantitative estimate of drug-likeness (QED) is 0.383. The second kappa shape index (κ2) is 8.40. The highest BCUT2D eigenvalue weighted by Crippen LogP contribution is 2.23. The zero-order valence-corrected chi connectivity index (χ0v) is 16.6. The van der Waals surface area contributed by atoms with E-state index in [0.29, 0.717) is 49.9 Å². The van der Waals surface area contributed by atoms with Crippen molar-refractivity contribution in [1.29, 1.82) is 0 Å². The summed E-state index contributed by atoms with van der Waals surface area (Å²) in [5.41, 5.74) is 0.860. The number of amides is 2. The summed E-state index contributed by atoms with van der Waals surface area (Å²) in [7, 11) is -3.21. The Balaban J connectivity index is 1.36. The Labute approximate surface area is 164 Å². The van der Waals surface area contributed by atoms with E-state index in [1.54, 1.807) is 24.3 Å². The van der Waals surface area contributed by atoms with E-state index in [1.807, 2.05) is 0 Å². The Kier molecular flexibility index (Phi) is 6.14.